The normalized spacial score (nSPS) is 11.0. The molecule has 0 atom stereocenters. The molecule has 2 aromatic rings. The predicted molar refractivity (Wildman–Crippen MR) is 92.3 cm³/mol. The largest absolute Gasteiger partial charge is 0.494 e. The maximum absolute atomic E-state index is 12.2. The number of hydrogen-bond acceptors (Lipinski definition) is 4. The molecule has 2 rings (SSSR count). The monoisotopic (exact) mass is 313 g/mol. The summed E-state index contributed by atoms with van der Waals surface area (Å²) >= 11 is 0. The van der Waals surface area contributed by atoms with Crippen LogP contribution >= 0.6 is 0 Å². The average Bonchev–Trinajstić information content (AvgIpc) is 2.48. The summed E-state index contributed by atoms with van der Waals surface area (Å²) in [6.07, 6.45) is 3.24. The van der Waals surface area contributed by atoms with Gasteiger partial charge in [0.1, 0.15) is 5.75 Å². The van der Waals surface area contributed by atoms with Crippen molar-refractivity contribution in [2.45, 2.75) is 33.2 Å². The van der Waals surface area contributed by atoms with E-state index >= 15 is 0 Å². The van der Waals surface area contributed by atoms with Gasteiger partial charge >= 0.3 is 0 Å². The van der Waals surface area contributed by atoms with Crippen LogP contribution in [-0.4, -0.2) is 23.0 Å². The van der Waals surface area contributed by atoms with Crippen LogP contribution in [0.3, 0.4) is 0 Å². The van der Waals surface area contributed by atoms with Crippen LogP contribution in [0.2, 0.25) is 0 Å². The van der Waals surface area contributed by atoms with Gasteiger partial charge in [-0.25, -0.2) is 0 Å². The highest BCUT2D eigenvalue weighted by Crippen LogP contribution is 2.20. The molecule has 0 saturated heterocycles. The third kappa shape index (κ3) is 5.29. The van der Waals surface area contributed by atoms with Crippen LogP contribution in [0.25, 0.3) is 0 Å². The Morgan fingerprint density at radius 1 is 1.13 bits per heavy atom. The van der Waals surface area contributed by atoms with Gasteiger partial charge in [-0.2, -0.15) is 0 Å². The fourth-order valence-electron chi connectivity index (χ4n) is 2.01. The number of benzene rings is 1. The molecule has 0 aliphatic carbocycles. The highest BCUT2D eigenvalue weighted by Gasteiger charge is 2.15. The van der Waals surface area contributed by atoms with Crippen molar-refractivity contribution in [2.24, 2.45) is 0 Å². The molecular weight excluding hydrogens is 290 g/mol. The molecule has 0 fully saturated rings. The van der Waals surface area contributed by atoms with Crippen LogP contribution in [0.15, 0.2) is 42.7 Å². The number of pyridine rings is 1. The highest BCUT2D eigenvalue weighted by atomic mass is 16.5. The van der Waals surface area contributed by atoms with E-state index in [1.54, 1.807) is 18.5 Å². The molecule has 122 valence electrons. The molecule has 0 radical (unpaired) electrons. The second-order valence-corrected chi connectivity index (χ2v) is 6.25. The highest BCUT2D eigenvalue weighted by molar-refractivity contribution is 5.95. The first-order chi connectivity index (χ1) is 10.9. The number of nitrogens with zero attached hydrogens (tertiary/aromatic N) is 1. The number of hydrogen-bond donors (Lipinski definition) is 2. The van der Waals surface area contributed by atoms with Crippen LogP contribution < -0.4 is 15.4 Å². The molecule has 1 heterocycles. The first-order valence-corrected chi connectivity index (χ1v) is 7.65. The second kappa shape index (κ2) is 7.13. The van der Waals surface area contributed by atoms with Gasteiger partial charge in [0.05, 0.1) is 24.1 Å². The van der Waals surface area contributed by atoms with Crippen LogP contribution in [0.1, 0.15) is 38.1 Å². The third-order valence-electron chi connectivity index (χ3n) is 2.94. The maximum Gasteiger partial charge on any atom is 0.253 e. The number of ether oxygens (including phenoxy) is 1. The molecule has 0 unspecified atom stereocenters. The second-order valence-electron chi connectivity index (χ2n) is 6.25. The Labute approximate surface area is 137 Å². The van der Waals surface area contributed by atoms with Gasteiger partial charge in [0.15, 0.2) is 0 Å². The Balaban J connectivity index is 2.09. The molecule has 0 saturated carbocycles. The summed E-state index contributed by atoms with van der Waals surface area (Å²) in [6, 6.07) is 9.43. The summed E-state index contributed by atoms with van der Waals surface area (Å²) in [5.74, 6) is 0.690. The van der Waals surface area contributed by atoms with Crippen molar-refractivity contribution in [3.8, 4) is 5.75 Å². The summed E-state index contributed by atoms with van der Waals surface area (Å²) in [4.78, 5) is 16.3. The van der Waals surface area contributed by atoms with E-state index in [1.165, 1.54) is 0 Å². The molecule has 0 aliphatic heterocycles. The molecular formula is C18H23N3O2. The van der Waals surface area contributed by atoms with Crippen molar-refractivity contribution in [2.75, 3.05) is 11.9 Å². The molecule has 1 amide bonds. The Morgan fingerprint density at radius 2 is 1.83 bits per heavy atom. The van der Waals surface area contributed by atoms with Crippen LogP contribution in [-0.2, 0) is 0 Å². The van der Waals surface area contributed by atoms with E-state index < -0.39 is 0 Å². The number of aromatic nitrogens is 1. The number of carbonyl (C=O) groups is 1. The minimum absolute atomic E-state index is 0.139. The first kappa shape index (κ1) is 16.8. The lowest BCUT2D eigenvalue weighted by Crippen LogP contribution is -2.40. The van der Waals surface area contributed by atoms with Gasteiger partial charge in [0.25, 0.3) is 5.91 Å². The Morgan fingerprint density at radius 3 is 2.43 bits per heavy atom. The number of rotatable bonds is 5. The van der Waals surface area contributed by atoms with E-state index in [-0.39, 0.29) is 11.4 Å². The van der Waals surface area contributed by atoms with Crippen molar-refractivity contribution >= 4 is 17.3 Å². The predicted octanol–water partition coefficient (Wildman–Crippen LogP) is 3.75. The fourth-order valence-corrected chi connectivity index (χ4v) is 2.01. The molecule has 0 spiro atoms. The molecule has 1 aromatic carbocycles. The summed E-state index contributed by atoms with van der Waals surface area (Å²) in [5, 5.41) is 6.16. The van der Waals surface area contributed by atoms with E-state index in [9.17, 15) is 4.79 Å². The lowest BCUT2D eigenvalue weighted by molar-refractivity contribution is 0.0919. The van der Waals surface area contributed by atoms with E-state index in [2.05, 4.69) is 15.6 Å². The van der Waals surface area contributed by atoms with Gasteiger partial charge in [0, 0.05) is 17.4 Å². The lowest BCUT2D eigenvalue weighted by atomic mass is 10.1. The van der Waals surface area contributed by atoms with E-state index in [0.29, 0.717) is 12.2 Å². The minimum Gasteiger partial charge on any atom is -0.494 e. The van der Waals surface area contributed by atoms with E-state index in [0.717, 1.165) is 17.1 Å². The quantitative estimate of drug-likeness (QED) is 0.882. The molecule has 0 bridgehead atoms. The number of carbonyl (C=O) groups excluding carboxylic acids is 1. The molecule has 2 N–H and O–H groups in total. The standard InChI is InChI=1S/C18H23N3O2/c1-5-23-16-8-6-14(7-9-16)20-15-10-13(11-19-12-15)17(22)21-18(2,3)4/h6-12,20H,5H2,1-4H3,(H,21,22). The van der Waals surface area contributed by atoms with Gasteiger partial charge in [-0.15, -0.1) is 0 Å². The van der Waals surface area contributed by atoms with Gasteiger partial charge in [-0.1, -0.05) is 0 Å². The van der Waals surface area contributed by atoms with Gasteiger partial charge in [0.2, 0.25) is 0 Å². The van der Waals surface area contributed by atoms with Gasteiger partial charge in [-0.3, -0.25) is 9.78 Å². The average molecular weight is 313 g/mol. The lowest BCUT2D eigenvalue weighted by Gasteiger charge is -2.20. The first-order valence-electron chi connectivity index (χ1n) is 7.65. The van der Waals surface area contributed by atoms with Crippen molar-refractivity contribution in [3.05, 3.63) is 48.3 Å². The summed E-state index contributed by atoms with van der Waals surface area (Å²) < 4.78 is 5.41. The zero-order valence-electron chi connectivity index (χ0n) is 14.0. The smallest absolute Gasteiger partial charge is 0.253 e. The van der Waals surface area contributed by atoms with E-state index in [1.807, 2.05) is 52.0 Å². The molecule has 0 aliphatic rings. The van der Waals surface area contributed by atoms with Crippen LogP contribution in [0.5, 0.6) is 5.75 Å². The maximum atomic E-state index is 12.2. The van der Waals surface area contributed by atoms with Crippen molar-refractivity contribution in [3.63, 3.8) is 0 Å². The Hall–Kier alpha value is -2.56. The number of anilines is 2. The van der Waals surface area contributed by atoms with Gasteiger partial charge < -0.3 is 15.4 Å². The number of nitrogens with one attached hydrogen (secondary N) is 2. The molecule has 23 heavy (non-hydrogen) atoms. The third-order valence-corrected chi connectivity index (χ3v) is 2.94. The molecule has 5 heteroatoms. The summed E-state index contributed by atoms with van der Waals surface area (Å²) in [7, 11) is 0. The van der Waals surface area contributed by atoms with Crippen LogP contribution in [0, 0.1) is 0 Å². The summed E-state index contributed by atoms with van der Waals surface area (Å²) in [6.45, 7) is 8.43. The van der Waals surface area contributed by atoms with Crippen LogP contribution in [0.4, 0.5) is 11.4 Å². The SMILES string of the molecule is CCOc1ccc(Nc2cncc(C(=O)NC(C)(C)C)c2)cc1. The summed E-state index contributed by atoms with van der Waals surface area (Å²) in [5.41, 5.74) is 1.91. The molecule has 5 nitrogen and oxygen atoms in total. The molecule has 1 aromatic heterocycles. The minimum atomic E-state index is -0.282. The fraction of sp³-hybridized carbons (Fsp3) is 0.333. The van der Waals surface area contributed by atoms with Gasteiger partial charge in [-0.05, 0) is 58.0 Å². The van der Waals surface area contributed by atoms with Crippen molar-refractivity contribution < 1.29 is 9.53 Å². The topological polar surface area (TPSA) is 63.2 Å². The Kier molecular flexibility index (Phi) is 5.21. The Bertz CT molecular complexity index is 661. The van der Waals surface area contributed by atoms with E-state index in [4.69, 9.17) is 4.74 Å². The zero-order chi connectivity index (χ0) is 16.9. The number of amides is 1. The van der Waals surface area contributed by atoms with Crippen molar-refractivity contribution in [1.82, 2.24) is 10.3 Å². The van der Waals surface area contributed by atoms with Crippen molar-refractivity contribution in [1.29, 1.82) is 0 Å². The zero-order valence-corrected chi connectivity index (χ0v) is 14.0.